The van der Waals surface area contributed by atoms with Crippen LogP contribution >= 0.6 is 0 Å². The summed E-state index contributed by atoms with van der Waals surface area (Å²) < 4.78 is 17.8. The van der Waals surface area contributed by atoms with E-state index in [9.17, 15) is 4.79 Å². The van der Waals surface area contributed by atoms with E-state index in [1.165, 1.54) is 5.19 Å². The molecule has 0 spiro atoms. The molecule has 0 fully saturated rings. The number of hydrogen-bond acceptors (Lipinski definition) is 4. The number of carbonyl (C=O) groups excluding carboxylic acids is 1. The van der Waals surface area contributed by atoms with E-state index in [4.69, 9.17) is 13.6 Å². The Balaban J connectivity index is 2.72. The number of unbranched alkanes of at least 4 members (excludes halogenated alkanes) is 1. The summed E-state index contributed by atoms with van der Waals surface area (Å²) in [5.74, 6) is -0.323. The quantitative estimate of drug-likeness (QED) is 0.229. The summed E-state index contributed by atoms with van der Waals surface area (Å²) in [4.78, 5) is 11.4. The van der Waals surface area contributed by atoms with Crippen LogP contribution in [0.25, 0.3) is 0 Å². The predicted molar refractivity (Wildman–Crippen MR) is 104 cm³/mol. The lowest BCUT2D eigenvalue weighted by Crippen LogP contribution is -2.54. The molecule has 0 saturated heterocycles. The summed E-state index contributed by atoms with van der Waals surface area (Å²) in [7, 11) is -2.47. The first kappa shape index (κ1) is 21.6. The highest BCUT2D eigenvalue weighted by atomic mass is 28.4. The molecule has 1 aromatic carbocycles. The molecule has 5 heteroatoms. The van der Waals surface area contributed by atoms with Crippen molar-refractivity contribution in [3.05, 3.63) is 42.5 Å². The van der Waals surface area contributed by atoms with Crippen LogP contribution in [-0.4, -0.2) is 34.4 Å². The van der Waals surface area contributed by atoms with Crippen LogP contribution in [0.2, 0.25) is 6.04 Å². The summed E-state index contributed by atoms with van der Waals surface area (Å²) in [5.41, 5.74) is 0.436. The molecule has 0 N–H and O–H groups in total. The fourth-order valence-electron chi connectivity index (χ4n) is 2.47. The normalized spacial score (nSPS) is 11.3. The summed E-state index contributed by atoms with van der Waals surface area (Å²) in [5, 5.41) is 1.18. The first-order valence-electron chi connectivity index (χ1n) is 9.21. The van der Waals surface area contributed by atoms with Gasteiger partial charge in [-0.05, 0) is 43.8 Å². The van der Waals surface area contributed by atoms with Crippen molar-refractivity contribution in [2.45, 2.75) is 52.5 Å². The van der Waals surface area contributed by atoms with E-state index in [-0.39, 0.29) is 5.97 Å². The molecule has 0 heterocycles. The fraction of sp³-hybridized carbons (Fsp3) is 0.550. The highest BCUT2D eigenvalue weighted by Crippen LogP contribution is 2.19. The van der Waals surface area contributed by atoms with Crippen LogP contribution in [0.3, 0.4) is 0 Å². The topological polar surface area (TPSA) is 44.8 Å². The van der Waals surface area contributed by atoms with Crippen molar-refractivity contribution in [1.82, 2.24) is 0 Å². The van der Waals surface area contributed by atoms with Crippen molar-refractivity contribution < 1.29 is 18.4 Å². The minimum atomic E-state index is -2.47. The summed E-state index contributed by atoms with van der Waals surface area (Å²) in [6, 6.07) is 11.2. The Morgan fingerprint density at radius 2 is 1.60 bits per heavy atom. The lowest BCUT2D eigenvalue weighted by atomic mass is 10.3. The maximum Gasteiger partial charge on any atom is 0.372 e. The Morgan fingerprint density at radius 1 is 1.00 bits per heavy atom. The lowest BCUT2D eigenvalue weighted by molar-refractivity contribution is -0.139. The highest BCUT2D eigenvalue weighted by molar-refractivity contribution is 6.81. The summed E-state index contributed by atoms with van der Waals surface area (Å²) >= 11 is 0. The molecule has 0 aliphatic heterocycles. The molecule has 140 valence electrons. The Hall–Kier alpha value is -1.43. The van der Waals surface area contributed by atoms with Gasteiger partial charge >= 0.3 is 14.5 Å². The zero-order valence-electron chi connectivity index (χ0n) is 15.9. The molecular weight excluding hydrogens is 332 g/mol. The molecule has 1 rings (SSSR count). The molecule has 0 unspecified atom stereocenters. The average molecular weight is 365 g/mol. The van der Waals surface area contributed by atoms with Crippen molar-refractivity contribution >= 4 is 19.7 Å². The molecule has 4 nitrogen and oxygen atoms in total. The van der Waals surface area contributed by atoms with Gasteiger partial charge in [-0.25, -0.2) is 4.79 Å². The first-order valence-corrected chi connectivity index (χ1v) is 11.2. The van der Waals surface area contributed by atoms with E-state index in [1.807, 2.05) is 18.2 Å². The Bertz CT molecular complexity index is 508. The molecule has 0 amide bonds. The second kappa shape index (κ2) is 12.0. The molecular formula is C20H32O4Si. The van der Waals surface area contributed by atoms with E-state index in [0.29, 0.717) is 25.4 Å². The Labute approximate surface area is 153 Å². The van der Waals surface area contributed by atoms with E-state index < -0.39 is 8.56 Å². The molecule has 0 bridgehead atoms. The van der Waals surface area contributed by atoms with Crippen LogP contribution in [-0.2, 0) is 18.4 Å². The molecule has 0 atom stereocenters. The third kappa shape index (κ3) is 7.55. The van der Waals surface area contributed by atoms with Gasteiger partial charge < -0.3 is 13.6 Å². The molecule has 25 heavy (non-hydrogen) atoms. The van der Waals surface area contributed by atoms with Crippen molar-refractivity contribution in [2.75, 3.05) is 19.8 Å². The van der Waals surface area contributed by atoms with Gasteiger partial charge in [0.2, 0.25) is 0 Å². The maximum atomic E-state index is 11.4. The molecule has 0 aliphatic carbocycles. The second-order valence-electron chi connectivity index (χ2n) is 6.19. The summed E-state index contributed by atoms with van der Waals surface area (Å²) in [6.45, 7) is 11.3. The highest BCUT2D eigenvalue weighted by Gasteiger charge is 2.39. The van der Waals surface area contributed by atoms with Crippen LogP contribution in [0.15, 0.2) is 42.5 Å². The third-order valence-corrected chi connectivity index (χ3v) is 7.34. The van der Waals surface area contributed by atoms with Gasteiger partial charge in [0.1, 0.15) is 0 Å². The number of benzene rings is 1. The minimum absolute atomic E-state index is 0.323. The number of esters is 1. The van der Waals surface area contributed by atoms with E-state index in [2.05, 4.69) is 32.6 Å². The van der Waals surface area contributed by atoms with Crippen molar-refractivity contribution in [1.29, 1.82) is 0 Å². The monoisotopic (exact) mass is 364 g/mol. The largest absolute Gasteiger partial charge is 0.462 e. The fourth-order valence-corrected chi connectivity index (χ4v) is 5.95. The van der Waals surface area contributed by atoms with Gasteiger partial charge in [0.25, 0.3) is 0 Å². The average Bonchev–Trinajstić information content (AvgIpc) is 2.63. The molecule has 1 aromatic rings. The number of carbonyl (C=O) groups is 1. The van der Waals surface area contributed by atoms with Crippen LogP contribution in [0.5, 0.6) is 0 Å². The van der Waals surface area contributed by atoms with Gasteiger partial charge in [0.15, 0.2) is 0 Å². The van der Waals surface area contributed by atoms with E-state index >= 15 is 0 Å². The second-order valence-corrected chi connectivity index (χ2v) is 9.35. The van der Waals surface area contributed by atoms with Gasteiger partial charge in [-0.3, -0.25) is 0 Å². The zero-order chi connectivity index (χ0) is 18.5. The number of rotatable bonds is 13. The summed E-state index contributed by atoms with van der Waals surface area (Å²) in [6.07, 6.45) is 3.63. The van der Waals surface area contributed by atoms with Gasteiger partial charge in [0.05, 0.1) is 6.61 Å². The van der Waals surface area contributed by atoms with Gasteiger partial charge in [-0.15, -0.1) is 0 Å². The minimum Gasteiger partial charge on any atom is -0.462 e. The SMILES string of the molecule is C=C(C)C(=O)OCCCC[Si](OCCC)(OCCC)c1ccccc1. The molecule has 0 radical (unpaired) electrons. The van der Waals surface area contributed by atoms with Crippen LogP contribution in [0, 0.1) is 0 Å². The van der Waals surface area contributed by atoms with E-state index in [1.54, 1.807) is 6.92 Å². The number of ether oxygens (including phenoxy) is 1. The molecule has 0 saturated carbocycles. The lowest BCUT2D eigenvalue weighted by Gasteiger charge is -2.31. The number of hydrogen-bond donors (Lipinski definition) is 0. The smallest absolute Gasteiger partial charge is 0.372 e. The van der Waals surface area contributed by atoms with Gasteiger partial charge in [0, 0.05) is 18.8 Å². The van der Waals surface area contributed by atoms with Gasteiger partial charge in [-0.2, -0.15) is 0 Å². The van der Waals surface area contributed by atoms with Crippen LogP contribution in [0.4, 0.5) is 0 Å². The van der Waals surface area contributed by atoms with Crippen molar-refractivity contribution in [3.8, 4) is 0 Å². The molecule has 0 aliphatic rings. The van der Waals surface area contributed by atoms with Gasteiger partial charge in [-0.1, -0.05) is 50.8 Å². The zero-order valence-corrected chi connectivity index (χ0v) is 16.9. The van der Waals surface area contributed by atoms with Crippen molar-refractivity contribution in [3.63, 3.8) is 0 Å². The Morgan fingerprint density at radius 3 is 2.12 bits per heavy atom. The van der Waals surface area contributed by atoms with Crippen molar-refractivity contribution in [2.24, 2.45) is 0 Å². The first-order chi connectivity index (χ1) is 12.1. The third-order valence-electron chi connectivity index (χ3n) is 3.77. The van der Waals surface area contributed by atoms with Crippen LogP contribution < -0.4 is 5.19 Å². The van der Waals surface area contributed by atoms with E-state index in [0.717, 1.165) is 31.7 Å². The standard InChI is InChI=1S/C20H32O4Si/c1-5-14-23-25(24-15-6-2,19-12-8-7-9-13-19)17-11-10-16-22-20(21)18(3)4/h7-9,12-13H,3,5-6,10-11,14-17H2,1-2,4H3. The molecule has 0 aromatic heterocycles. The predicted octanol–water partition coefficient (Wildman–Crippen LogP) is 4.09. The van der Waals surface area contributed by atoms with Crippen LogP contribution in [0.1, 0.15) is 46.5 Å². The Kier molecular flexibility index (Phi) is 10.4. The maximum absolute atomic E-state index is 11.4.